The molecule has 0 spiro atoms. The second kappa shape index (κ2) is 7.48. The van der Waals surface area contributed by atoms with Crippen LogP contribution < -0.4 is 25.5 Å². The molecule has 0 aliphatic carbocycles. The van der Waals surface area contributed by atoms with Crippen molar-refractivity contribution >= 4 is 28.0 Å². The minimum absolute atomic E-state index is 0.271. The summed E-state index contributed by atoms with van der Waals surface area (Å²) in [6, 6.07) is 11.1. The van der Waals surface area contributed by atoms with Gasteiger partial charge in [0.05, 0.1) is 16.5 Å². The number of aliphatic hydroxyl groups is 1. The van der Waals surface area contributed by atoms with Crippen LogP contribution in [0.3, 0.4) is 0 Å². The first-order chi connectivity index (χ1) is 17.0. The number of ether oxygens (including phenoxy) is 3. The van der Waals surface area contributed by atoms with Crippen molar-refractivity contribution in [1.29, 1.82) is 0 Å². The van der Waals surface area contributed by atoms with Crippen LogP contribution in [0, 0.1) is 0 Å². The van der Waals surface area contributed by atoms with Crippen molar-refractivity contribution in [2.24, 2.45) is 0 Å². The monoisotopic (exact) mass is 488 g/mol. The van der Waals surface area contributed by atoms with Crippen LogP contribution in [0.15, 0.2) is 67.0 Å². The quantitative estimate of drug-likeness (QED) is 0.403. The molecule has 0 saturated carbocycles. The molecular weight excluding hydrogens is 464 g/mol. The van der Waals surface area contributed by atoms with Gasteiger partial charge in [0, 0.05) is 23.6 Å². The van der Waals surface area contributed by atoms with Gasteiger partial charge in [-0.15, -0.1) is 0 Å². The van der Waals surface area contributed by atoms with E-state index in [9.17, 15) is 14.7 Å². The third kappa shape index (κ3) is 3.48. The Hall–Kier alpha value is -4.04. The standard InChI is InChI=1S/C28H24O8/c1-27(2)12-11-16-19(35-27)13-18-15(7-10-20(29)32-18)24(16)34-25-22-17(36-28(3,4)26(25)31)8-5-14-6-9-21(30)33-23(14)22/h5-13,25-26,31H,1-4H3. The summed E-state index contributed by atoms with van der Waals surface area (Å²) < 4.78 is 29.9. The van der Waals surface area contributed by atoms with Crippen molar-refractivity contribution in [3.05, 3.63) is 80.5 Å². The number of fused-ring (bicyclic) bond motifs is 5. The zero-order valence-electron chi connectivity index (χ0n) is 20.2. The molecule has 4 aromatic rings. The van der Waals surface area contributed by atoms with Crippen LogP contribution in [0.25, 0.3) is 28.0 Å². The highest BCUT2D eigenvalue weighted by Gasteiger charge is 2.46. The third-order valence-corrected chi connectivity index (χ3v) is 6.59. The van der Waals surface area contributed by atoms with E-state index in [4.69, 9.17) is 23.0 Å². The van der Waals surface area contributed by atoms with E-state index < -0.39 is 34.7 Å². The fourth-order valence-corrected chi connectivity index (χ4v) is 4.76. The number of rotatable bonds is 2. The Kier molecular flexibility index (Phi) is 4.66. The first-order valence-corrected chi connectivity index (χ1v) is 11.6. The van der Waals surface area contributed by atoms with Crippen molar-refractivity contribution in [2.75, 3.05) is 0 Å². The zero-order chi connectivity index (χ0) is 25.4. The van der Waals surface area contributed by atoms with Crippen molar-refractivity contribution in [1.82, 2.24) is 0 Å². The van der Waals surface area contributed by atoms with E-state index in [1.54, 1.807) is 44.2 Å². The van der Waals surface area contributed by atoms with Crippen LogP contribution >= 0.6 is 0 Å². The molecule has 6 rings (SSSR count). The summed E-state index contributed by atoms with van der Waals surface area (Å²) in [6.45, 7) is 7.33. The van der Waals surface area contributed by atoms with Gasteiger partial charge in [0.25, 0.3) is 0 Å². The number of hydrogen-bond donors (Lipinski definition) is 1. The van der Waals surface area contributed by atoms with E-state index in [1.165, 1.54) is 12.1 Å². The van der Waals surface area contributed by atoms with E-state index in [0.29, 0.717) is 39.1 Å². The second-order valence-corrected chi connectivity index (χ2v) is 10.2. The van der Waals surface area contributed by atoms with Crippen LogP contribution in [0.1, 0.15) is 44.9 Å². The molecule has 2 aromatic heterocycles. The number of aliphatic hydroxyl groups excluding tert-OH is 1. The highest BCUT2D eigenvalue weighted by atomic mass is 16.5. The van der Waals surface area contributed by atoms with Crippen molar-refractivity contribution in [3.63, 3.8) is 0 Å². The van der Waals surface area contributed by atoms with E-state index in [1.807, 2.05) is 26.0 Å². The molecule has 0 fully saturated rings. The number of benzene rings is 2. The van der Waals surface area contributed by atoms with Gasteiger partial charge in [-0.2, -0.15) is 0 Å². The van der Waals surface area contributed by atoms with Gasteiger partial charge >= 0.3 is 11.3 Å². The van der Waals surface area contributed by atoms with Gasteiger partial charge in [0.1, 0.15) is 45.7 Å². The summed E-state index contributed by atoms with van der Waals surface area (Å²) >= 11 is 0. The average molecular weight is 488 g/mol. The molecule has 0 radical (unpaired) electrons. The Morgan fingerprint density at radius 2 is 1.61 bits per heavy atom. The van der Waals surface area contributed by atoms with Gasteiger partial charge in [-0.05, 0) is 64.1 Å². The Morgan fingerprint density at radius 1 is 0.889 bits per heavy atom. The fourth-order valence-electron chi connectivity index (χ4n) is 4.76. The molecule has 2 atom stereocenters. The van der Waals surface area contributed by atoms with Crippen molar-refractivity contribution < 1.29 is 28.2 Å². The zero-order valence-corrected chi connectivity index (χ0v) is 20.2. The molecule has 0 saturated heterocycles. The molecule has 8 heteroatoms. The van der Waals surface area contributed by atoms with E-state index >= 15 is 0 Å². The summed E-state index contributed by atoms with van der Waals surface area (Å²) in [4.78, 5) is 24.1. The molecule has 0 bridgehead atoms. The van der Waals surface area contributed by atoms with Crippen molar-refractivity contribution in [3.8, 4) is 17.2 Å². The lowest BCUT2D eigenvalue weighted by Gasteiger charge is -2.42. The van der Waals surface area contributed by atoms with Gasteiger partial charge in [-0.25, -0.2) is 9.59 Å². The van der Waals surface area contributed by atoms with Gasteiger partial charge in [-0.3, -0.25) is 0 Å². The van der Waals surface area contributed by atoms with Crippen LogP contribution in [0.2, 0.25) is 0 Å². The predicted octanol–water partition coefficient (Wildman–Crippen LogP) is 4.74. The maximum atomic E-state index is 12.1. The topological polar surface area (TPSA) is 108 Å². The molecule has 2 aliphatic heterocycles. The molecule has 4 heterocycles. The molecular formula is C28H24O8. The van der Waals surface area contributed by atoms with Crippen LogP contribution in [0.4, 0.5) is 0 Å². The molecule has 0 amide bonds. The minimum Gasteiger partial charge on any atom is -0.484 e. The first kappa shape index (κ1) is 22.4. The minimum atomic E-state index is -1.15. The lowest BCUT2D eigenvalue weighted by Crippen LogP contribution is -2.50. The second-order valence-electron chi connectivity index (χ2n) is 10.2. The third-order valence-electron chi connectivity index (χ3n) is 6.59. The average Bonchev–Trinajstić information content (AvgIpc) is 2.80. The van der Waals surface area contributed by atoms with E-state index in [2.05, 4.69) is 0 Å². The van der Waals surface area contributed by atoms with Gasteiger partial charge < -0.3 is 28.2 Å². The van der Waals surface area contributed by atoms with Gasteiger partial charge in [-0.1, -0.05) is 0 Å². The van der Waals surface area contributed by atoms with E-state index in [0.717, 1.165) is 0 Å². The number of hydrogen-bond acceptors (Lipinski definition) is 8. The predicted molar refractivity (Wildman–Crippen MR) is 133 cm³/mol. The molecule has 2 unspecified atom stereocenters. The van der Waals surface area contributed by atoms with Crippen LogP contribution in [-0.4, -0.2) is 22.4 Å². The highest BCUT2D eigenvalue weighted by Crippen LogP contribution is 2.49. The van der Waals surface area contributed by atoms with E-state index in [-0.39, 0.29) is 11.2 Å². The Labute approximate surface area is 205 Å². The SMILES string of the molecule is CC1(C)C=Cc2c(cc3oc(=O)ccc3c2OC2c3c(ccc4ccc(=O)oc34)OC(C)(C)C2O)O1. The summed E-state index contributed by atoms with van der Waals surface area (Å²) in [5, 5.41) is 12.6. The Morgan fingerprint density at radius 3 is 2.42 bits per heavy atom. The van der Waals surface area contributed by atoms with Crippen LogP contribution in [-0.2, 0) is 0 Å². The maximum Gasteiger partial charge on any atom is 0.336 e. The molecule has 36 heavy (non-hydrogen) atoms. The Bertz CT molecular complexity index is 1690. The summed E-state index contributed by atoms with van der Waals surface area (Å²) in [5.41, 5.74) is -1.04. The van der Waals surface area contributed by atoms with Gasteiger partial charge in [0.15, 0.2) is 6.10 Å². The fraction of sp³-hybridized carbons (Fsp3) is 0.286. The lowest BCUT2D eigenvalue weighted by atomic mass is 9.87. The molecule has 8 nitrogen and oxygen atoms in total. The maximum absolute atomic E-state index is 12.1. The summed E-state index contributed by atoms with van der Waals surface area (Å²) in [5.74, 6) is 1.27. The lowest BCUT2D eigenvalue weighted by molar-refractivity contribution is -0.102. The normalized spacial score (nSPS) is 21.4. The van der Waals surface area contributed by atoms with Crippen LogP contribution in [0.5, 0.6) is 17.2 Å². The Balaban J connectivity index is 1.62. The van der Waals surface area contributed by atoms with Gasteiger partial charge in [0.2, 0.25) is 0 Å². The first-order valence-electron chi connectivity index (χ1n) is 11.6. The summed E-state index contributed by atoms with van der Waals surface area (Å²) in [7, 11) is 0. The highest BCUT2D eigenvalue weighted by molar-refractivity contribution is 5.91. The molecule has 184 valence electrons. The molecule has 2 aliphatic rings. The smallest absolute Gasteiger partial charge is 0.336 e. The molecule has 2 aromatic carbocycles. The molecule has 1 N–H and O–H groups in total. The largest absolute Gasteiger partial charge is 0.484 e. The van der Waals surface area contributed by atoms with Crippen molar-refractivity contribution in [2.45, 2.75) is 51.1 Å². The summed E-state index contributed by atoms with van der Waals surface area (Å²) in [6.07, 6.45) is 1.66.